The molecule has 4 aromatic rings. The minimum Gasteiger partial charge on any atom is -0.508 e. The maximum atomic E-state index is 13.8. The highest BCUT2D eigenvalue weighted by molar-refractivity contribution is 5.99. The number of aromatic nitrogens is 1. The van der Waals surface area contributed by atoms with E-state index in [1.165, 1.54) is 5.01 Å². The van der Waals surface area contributed by atoms with Crippen LogP contribution in [-0.4, -0.2) is 64.2 Å². The van der Waals surface area contributed by atoms with Gasteiger partial charge in [0, 0.05) is 66.8 Å². The fraction of sp³-hybridized carbons (Fsp3) is 0.359. The molecular weight excluding hydrogens is 634 g/mol. The summed E-state index contributed by atoms with van der Waals surface area (Å²) in [5, 5.41) is 29.5. The number of aromatic hydroxyl groups is 1. The average molecular weight is 678 g/mol. The van der Waals surface area contributed by atoms with Gasteiger partial charge < -0.3 is 24.5 Å². The predicted molar refractivity (Wildman–Crippen MR) is 191 cm³/mol. The van der Waals surface area contributed by atoms with Gasteiger partial charge in [-0.2, -0.15) is 10.4 Å². The number of cyclic esters (lactones) is 1. The normalized spacial score (nSPS) is 17.9. The first-order valence-corrected chi connectivity index (χ1v) is 16.7. The molecule has 2 amide bonds. The number of esters is 1. The summed E-state index contributed by atoms with van der Waals surface area (Å²) >= 11 is 0. The molecule has 4 bridgehead atoms. The first kappa shape index (κ1) is 35.7. The number of nitriles is 1. The van der Waals surface area contributed by atoms with E-state index in [-0.39, 0.29) is 43.6 Å². The van der Waals surface area contributed by atoms with Crippen LogP contribution < -0.4 is 5.32 Å². The molecule has 0 saturated heterocycles. The van der Waals surface area contributed by atoms with E-state index in [1.54, 1.807) is 39.0 Å². The molecule has 0 fully saturated rings. The van der Waals surface area contributed by atoms with Crippen LogP contribution in [0.4, 0.5) is 4.79 Å². The van der Waals surface area contributed by atoms with Gasteiger partial charge in [-0.1, -0.05) is 43.3 Å². The zero-order chi connectivity index (χ0) is 36.0. The first-order chi connectivity index (χ1) is 23.8. The second-order valence-corrected chi connectivity index (χ2v) is 13.7. The van der Waals surface area contributed by atoms with Gasteiger partial charge in [-0.25, -0.2) is 9.80 Å². The molecule has 2 N–H and O–H groups in total. The van der Waals surface area contributed by atoms with Gasteiger partial charge >= 0.3 is 12.1 Å². The number of amides is 2. The van der Waals surface area contributed by atoms with Crippen molar-refractivity contribution in [2.75, 3.05) is 13.2 Å². The highest BCUT2D eigenvalue weighted by atomic mass is 16.6. The highest BCUT2D eigenvalue weighted by Crippen LogP contribution is 2.36. The molecule has 0 unspecified atom stereocenters. The van der Waals surface area contributed by atoms with Crippen molar-refractivity contribution in [3.63, 3.8) is 0 Å². The van der Waals surface area contributed by atoms with Gasteiger partial charge in [0.05, 0.1) is 18.2 Å². The monoisotopic (exact) mass is 677 g/mol. The number of carbonyl (C=O) groups excluding carboxylic acids is 3. The molecule has 0 radical (unpaired) electrons. The fourth-order valence-corrected chi connectivity index (χ4v) is 6.15. The van der Waals surface area contributed by atoms with E-state index in [9.17, 15) is 24.8 Å². The number of hydrogen-bond donors (Lipinski definition) is 2. The van der Waals surface area contributed by atoms with Crippen LogP contribution in [-0.2, 0) is 32.0 Å². The maximum Gasteiger partial charge on any atom is 0.408 e. The minimum atomic E-state index is -1.09. The number of nitrogens with one attached hydrogen (secondary N) is 1. The van der Waals surface area contributed by atoms with Gasteiger partial charge in [0.15, 0.2) is 0 Å². The van der Waals surface area contributed by atoms with Gasteiger partial charge in [0.25, 0.3) is 5.91 Å². The van der Waals surface area contributed by atoms with Crippen molar-refractivity contribution in [2.24, 2.45) is 11.0 Å². The van der Waals surface area contributed by atoms with Gasteiger partial charge in [-0.15, -0.1) is 0 Å². The second-order valence-electron chi connectivity index (χ2n) is 13.7. The third kappa shape index (κ3) is 8.69. The number of rotatable bonds is 3. The molecule has 3 aromatic carbocycles. The Hall–Kier alpha value is -5.63. The Morgan fingerprint density at radius 3 is 2.60 bits per heavy atom. The second kappa shape index (κ2) is 15.3. The van der Waals surface area contributed by atoms with E-state index in [2.05, 4.69) is 27.8 Å². The topological polar surface area (TPSA) is 146 Å². The number of benzene rings is 3. The minimum absolute atomic E-state index is 0.00337. The van der Waals surface area contributed by atoms with Gasteiger partial charge in [0.1, 0.15) is 17.4 Å². The van der Waals surface area contributed by atoms with Crippen LogP contribution in [0.15, 0.2) is 72.0 Å². The van der Waals surface area contributed by atoms with E-state index in [0.29, 0.717) is 36.1 Å². The summed E-state index contributed by atoms with van der Waals surface area (Å²) in [5.41, 5.74) is 4.48. The zero-order valence-corrected chi connectivity index (χ0v) is 28.9. The van der Waals surface area contributed by atoms with Gasteiger partial charge in [-0.3, -0.25) is 9.59 Å². The van der Waals surface area contributed by atoms with Crippen LogP contribution in [0.3, 0.4) is 0 Å². The summed E-state index contributed by atoms with van der Waals surface area (Å²) < 4.78 is 13.2. The summed E-state index contributed by atoms with van der Waals surface area (Å²) in [4.78, 5) is 39.3. The van der Waals surface area contributed by atoms with Crippen LogP contribution in [0.2, 0.25) is 0 Å². The van der Waals surface area contributed by atoms with Crippen molar-refractivity contribution in [1.82, 2.24) is 14.9 Å². The molecule has 0 spiro atoms. The summed E-state index contributed by atoms with van der Waals surface area (Å²) in [7, 11) is 0. The SMILES string of the molecule is C=NN1CCCCC(=O)OC[C@@H](C)Cn2cc(-c3ccccc3C#N)c3ccc(cc32)-c2cc(O)cc(c2)C[C@H](NC(=O)OC(C)(C)C)C1=O. The zero-order valence-electron chi connectivity index (χ0n) is 28.9. The maximum absolute atomic E-state index is 13.8. The Morgan fingerprint density at radius 2 is 1.86 bits per heavy atom. The Bertz CT molecular complexity index is 1950. The molecule has 50 heavy (non-hydrogen) atoms. The Balaban J connectivity index is 1.61. The van der Waals surface area contributed by atoms with Crippen molar-refractivity contribution in [3.8, 4) is 34.1 Å². The molecule has 260 valence electrons. The number of hydrogen-bond acceptors (Lipinski definition) is 8. The Labute approximate surface area is 292 Å². The third-order valence-corrected chi connectivity index (χ3v) is 8.42. The molecule has 1 aliphatic heterocycles. The molecule has 11 nitrogen and oxygen atoms in total. The van der Waals surface area contributed by atoms with E-state index in [1.807, 2.05) is 55.6 Å². The standard InChI is InChI=1S/C39H43N5O6/c1-25-22-43-23-33(31-11-7-6-10-28(31)21-40)32-14-13-27(20-35(32)43)29-16-26(17-30(45)19-29)18-34(42-38(48)50-39(2,3)4)37(47)44(41-5)15-9-8-12-36(46)49-24-25/h6-7,10-11,13-14,16-17,19-20,23,25,34,45H,5,8-9,12,15,18,22,24H2,1-4H3,(H,42,48)/t25-,34-/m0/s1. The molecule has 2 heterocycles. The number of phenolic OH excluding ortho intramolecular Hbond substituents is 1. The largest absolute Gasteiger partial charge is 0.508 e. The van der Waals surface area contributed by atoms with E-state index < -0.39 is 23.6 Å². The van der Waals surface area contributed by atoms with E-state index >= 15 is 0 Å². The Morgan fingerprint density at radius 1 is 1.08 bits per heavy atom. The molecule has 1 aliphatic rings. The van der Waals surface area contributed by atoms with Crippen LogP contribution >= 0.6 is 0 Å². The lowest BCUT2D eigenvalue weighted by atomic mass is 9.96. The highest BCUT2D eigenvalue weighted by Gasteiger charge is 2.29. The lowest BCUT2D eigenvalue weighted by Crippen LogP contribution is -2.49. The molecule has 0 saturated carbocycles. The summed E-state index contributed by atoms with van der Waals surface area (Å²) in [6.45, 7) is 11.7. The van der Waals surface area contributed by atoms with Crippen molar-refractivity contribution in [2.45, 2.75) is 71.6 Å². The number of phenols is 1. The quantitative estimate of drug-likeness (QED) is 0.179. The lowest BCUT2D eigenvalue weighted by molar-refractivity contribution is -0.145. The Kier molecular flexibility index (Phi) is 10.9. The summed E-state index contributed by atoms with van der Waals surface area (Å²) in [6, 6.07) is 19.7. The van der Waals surface area contributed by atoms with Gasteiger partial charge in [-0.05, 0) is 74.6 Å². The molecular formula is C39H43N5O6. The number of ether oxygens (including phenoxy) is 2. The van der Waals surface area contributed by atoms with Crippen LogP contribution in [0.1, 0.15) is 58.1 Å². The van der Waals surface area contributed by atoms with E-state index in [4.69, 9.17) is 9.47 Å². The number of nitrogens with zero attached hydrogens (tertiary/aromatic N) is 4. The number of carbonyl (C=O) groups is 3. The van der Waals surface area contributed by atoms with E-state index in [0.717, 1.165) is 27.6 Å². The van der Waals surface area contributed by atoms with Crippen molar-refractivity contribution < 1.29 is 29.0 Å². The lowest BCUT2D eigenvalue weighted by Gasteiger charge is -2.26. The van der Waals surface area contributed by atoms with Crippen LogP contribution in [0.25, 0.3) is 33.2 Å². The molecule has 5 rings (SSSR count). The molecule has 11 heteroatoms. The summed E-state index contributed by atoms with van der Waals surface area (Å²) in [5.74, 6) is -0.869. The molecule has 2 atom stereocenters. The average Bonchev–Trinajstić information content (AvgIpc) is 3.42. The predicted octanol–water partition coefficient (Wildman–Crippen LogP) is 6.80. The first-order valence-electron chi connectivity index (χ1n) is 16.7. The van der Waals surface area contributed by atoms with Crippen LogP contribution in [0.5, 0.6) is 5.75 Å². The third-order valence-electron chi connectivity index (χ3n) is 8.42. The molecule has 0 aliphatic carbocycles. The number of hydrazone groups is 1. The fourth-order valence-electron chi connectivity index (χ4n) is 6.15. The van der Waals surface area contributed by atoms with Crippen LogP contribution in [0, 0.1) is 17.2 Å². The molecule has 1 aromatic heterocycles. The van der Waals surface area contributed by atoms with Crippen molar-refractivity contribution in [1.29, 1.82) is 5.26 Å². The smallest absolute Gasteiger partial charge is 0.408 e. The van der Waals surface area contributed by atoms with Crippen molar-refractivity contribution in [3.05, 3.63) is 78.0 Å². The number of fused-ring (bicyclic) bond motifs is 4. The summed E-state index contributed by atoms with van der Waals surface area (Å²) in [6.07, 6.45) is 2.37. The number of alkyl carbamates (subject to hydrolysis) is 1. The van der Waals surface area contributed by atoms with Gasteiger partial charge in [0.2, 0.25) is 0 Å². The van der Waals surface area contributed by atoms with Crippen molar-refractivity contribution >= 4 is 35.6 Å².